The van der Waals surface area contributed by atoms with Crippen LogP contribution < -0.4 is 5.32 Å². The first kappa shape index (κ1) is 20.8. The summed E-state index contributed by atoms with van der Waals surface area (Å²) in [4.78, 5) is 21.8. The summed E-state index contributed by atoms with van der Waals surface area (Å²) in [6.45, 7) is 5.44. The molecule has 1 N–H and O–H groups in total. The van der Waals surface area contributed by atoms with Crippen molar-refractivity contribution in [3.63, 3.8) is 0 Å². The Hall–Kier alpha value is -2.88. The lowest BCUT2D eigenvalue weighted by Crippen LogP contribution is -2.19. The lowest BCUT2D eigenvalue weighted by molar-refractivity contribution is -0.115. The van der Waals surface area contributed by atoms with E-state index in [0.717, 1.165) is 11.1 Å². The zero-order valence-corrected chi connectivity index (χ0v) is 17.8. The third-order valence-corrected chi connectivity index (χ3v) is 5.94. The summed E-state index contributed by atoms with van der Waals surface area (Å²) in [6.07, 6.45) is 0. The number of thioether (sulfide) groups is 1. The van der Waals surface area contributed by atoms with Crippen molar-refractivity contribution in [2.75, 3.05) is 5.32 Å². The van der Waals surface area contributed by atoms with Gasteiger partial charge in [-0.3, -0.25) is 4.79 Å². The molecular weight excluding hydrogens is 404 g/mol. The Morgan fingerprint density at radius 3 is 2.52 bits per heavy atom. The van der Waals surface area contributed by atoms with Crippen molar-refractivity contribution in [3.05, 3.63) is 81.8 Å². The Labute approximate surface area is 179 Å². The maximum Gasteiger partial charge on any atom is 0.242 e. The standard InChI is InChI=1S/C22H19ClN4OS/c1-13-9-10-17(11-19(13)23)27-21(28)20(16-7-5-4-6-8-16)29-22-18(12-24)14(2)25-15(3)26-22/h4-11,20H,1-3H3,(H,27,28). The second-order valence-corrected chi connectivity index (χ2v) is 8.01. The molecule has 1 unspecified atom stereocenters. The highest BCUT2D eigenvalue weighted by atomic mass is 35.5. The molecule has 2 aromatic carbocycles. The summed E-state index contributed by atoms with van der Waals surface area (Å²) in [5, 5.41) is 12.9. The van der Waals surface area contributed by atoms with Crippen LogP contribution in [0.3, 0.4) is 0 Å². The molecular formula is C22H19ClN4OS. The van der Waals surface area contributed by atoms with Crippen molar-refractivity contribution in [1.82, 2.24) is 9.97 Å². The zero-order valence-electron chi connectivity index (χ0n) is 16.2. The van der Waals surface area contributed by atoms with Gasteiger partial charge in [0.1, 0.15) is 27.7 Å². The number of aromatic nitrogens is 2. The van der Waals surface area contributed by atoms with E-state index in [1.807, 2.05) is 49.4 Å². The van der Waals surface area contributed by atoms with Crippen LogP contribution >= 0.6 is 23.4 Å². The molecule has 1 heterocycles. The monoisotopic (exact) mass is 422 g/mol. The van der Waals surface area contributed by atoms with E-state index in [4.69, 9.17) is 11.6 Å². The molecule has 1 atom stereocenters. The number of hydrogen-bond acceptors (Lipinski definition) is 5. The minimum absolute atomic E-state index is 0.223. The van der Waals surface area contributed by atoms with Gasteiger partial charge in [0.2, 0.25) is 5.91 Å². The Balaban J connectivity index is 1.97. The van der Waals surface area contributed by atoms with Crippen LogP contribution in [0.1, 0.15) is 33.5 Å². The van der Waals surface area contributed by atoms with Crippen LogP contribution in [-0.4, -0.2) is 15.9 Å². The van der Waals surface area contributed by atoms with Gasteiger partial charge in [-0.25, -0.2) is 9.97 Å². The van der Waals surface area contributed by atoms with E-state index in [0.29, 0.717) is 32.8 Å². The van der Waals surface area contributed by atoms with Crippen LogP contribution in [0.15, 0.2) is 53.6 Å². The molecule has 1 aromatic heterocycles. The predicted octanol–water partition coefficient (Wildman–Crippen LogP) is 5.40. The van der Waals surface area contributed by atoms with Crippen molar-refractivity contribution in [1.29, 1.82) is 5.26 Å². The molecule has 0 aliphatic carbocycles. The first-order valence-electron chi connectivity index (χ1n) is 8.93. The smallest absolute Gasteiger partial charge is 0.242 e. The van der Waals surface area contributed by atoms with E-state index >= 15 is 0 Å². The maximum atomic E-state index is 13.2. The number of hydrogen-bond donors (Lipinski definition) is 1. The summed E-state index contributed by atoms with van der Waals surface area (Å²) in [5.41, 5.74) is 3.34. The molecule has 0 radical (unpaired) electrons. The number of anilines is 1. The Kier molecular flexibility index (Phi) is 6.53. The largest absolute Gasteiger partial charge is 0.325 e. The summed E-state index contributed by atoms with van der Waals surface area (Å²) in [7, 11) is 0. The number of carbonyl (C=O) groups is 1. The quantitative estimate of drug-likeness (QED) is 0.440. The molecule has 0 aliphatic heterocycles. The molecule has 3 rings (SSSR count). The number of nitrogens with zero attached hydrogens (tertiary/aromatic N) is 3. The molecule has 0 aliphatic rings. The minimum Gasteiger partial charge on any atom is -0.325 e. The van der Waals surface area contributed by atoms with Crippen LogP contribution in [0.2, 0.25) is 5.02 Å². The molecule has 0 saturated heterocycles. The third-order valence-electron chi connectivity index (χ3n) is 4.29. The van der Waals surface area contributed by atoms with Gasteiger partial charge < -0.3 is 5.32 Å². The predicted molar refractivity (Wildman–Crippen MR) is 116 cm³/mol. The van der Waals surface area contributed by atoms with Gasteiger partial charge in [-0.15, -0.1) is 0 Å². The average Bonchev–Trinajstić information content (AvgIpc) is 2.69. The first-order valence-corrected chi connectivity index (χ1v) is 10.2. The Bertz CT molecular complexity index is 1100. The van der Waals surface area contributed by atoms with Gasteiger partial charge in [0.05, 0.1) is 5.69 Å². The van der Waals surface area contributed by atoms with Gasteiger partial charge in [-0.1, -0.05) is 59.8 Å². The van der Waals surface area contributed by atoms with E-state index in [1.165, 1.54) is 11.8 Å². The van der Waals surface area contributed by atoms with E-state index in [-0.39, 0.29) is 5.91 Å². The number of nitriles is 1. The Morgan fingerprint density at radius 2 is 1.86 bits per heavy atom. The summed E-state index contributed by atoms with van der Waals surface area (Å²) < 4.78 is 0. The number of benzene rings is 2. The van der Waals surface area contributed by atoms with Crippen LogP contribution in [0.5, 0.6) is 0 Å². The summed E-state index contributed by atoms with van der Waals surface area (Å²) in [6, 6.07) is 16.9. The molecule has 1 amide bonds. The highest BCUT2D eigenvalue weighted by Crippen LogP contribution is 2.37. The van der Waals surface area contributed by atoms with Gasteiger partial charge in [0.25, 0.3) is 0 Å². The van der Waals surface area contributed by atoms with E-state index < -0.39 is 5.25 Å². The van der Waals surface area contributed by atoms with Crippen LogP contribution in [0, 0.1) is 32.1 Å². The maximum absolute atomic E-state index is 13.2. The SMILES string of the molecule is Cc1nc(C)c(C#N)c(SC(C(=O)Nc2ccc(C)c(Cl)c2)c2ccccc2)n1. The Morgan fingerprint density at radius 1 is 1.14 bits per heavy atom. The van der Waals surface area contributed by atoms with Gasteiger partial charge in [0, 0.05) is 10.7 Å². The normalized spacial score (nSPS) is 11.6. The molecule has 0 fully saturated rings. The van der Waals surface area contributed by atoms with Crippen molar-refractivity contribution in [2.24, 2.45) is 0 Å². The number of rotatable bonds is 5. The average molecular weight is 423 g/mol. The molecule has 29 heavy (non-hydrogen) atoms. The first-order chi connectivity index (χ1) is 13.9. The number of amides is 1. The van der Waals surface area contributed by atoms with Gasteiger partial charge in [0.15, 0.2) is 0 Å². The topological polar surface area (TPSA) is 78.7 Å². The fourth-order valence-electron chi connectivity index (χ4n) is 2.79. The van der Waals surface area contributed by atoms with Crippen molar-refractivity contribution >= 4 is 35.0 Å². The highest BCUT2D eigenvalue weighted by molar-refractivity contribution is 8.00. The molecule has 0 spiro atoms. The van der Waals surface area contributed by atoms with Crippen molar-refractivity contribution < 1.29 is 4.79 Å². The molecule has 0 bridgehead atoms. The number of halogens is 1. The van der Waals surface area contributed by atoms with E-state index in [2.05, 4.69) is 21.4 Å². The fraction of sp³-hybridized carbons (Fsp3) is 0.182. The van der Waals surface area contributed by atoms with Crippen LogP contribution in [0.4, 0.5) is 5.69 Å². The zero-order chi connectivity index (χ0) is 21.0. The second-order valence-electron chi connectivity index (χ2n) is 6.51. The number of carbonyl (C=O) groups excluding carboxylic acids is 1. The molecule has 3 aromatic rings. The lowest BCUT2D eigenvalue weighted by Gasteiger charge is -2.18. The van der Waals surface area contributed by atoms with Gasteiger partial charge >= 0.3 is 0 Å². The van der Waals surface area contributed by atoms with Crippen LogP contribution in [0.25, 0.3) is 0 Å². The molecule has 146 valence electrons. The number of nitrogens with one attached hydrogen (secondary N) is 1. The van der Waals surface area contributed by atoms with Gasteiger partial charge in [-0.05, 0) is 44.0 Å². The van der Waals surface area contributed by atoms with Gasteiger partial charge in [-0.2, -0.15) is 5.26 Å². The van der Waals surface area contributed by atoms with Crippen molar-refractivity contribution in [2.45, 2.75) is 31.0 Å². The molecule has 0 saturated carbocycles. The van der Waals surface area contributed by atoms with Crippen LogP contribution in [-0.2, 0) is 4.79 Å². The second kappa shape index (κ2) is 9.08. The highest BCUT2D eigenvalue weighted by Gasteiger charge is 2.25. The third kappa shape index (κ3) is 4.94. The van der Waals surface area contributed by atoms with Crippen molar-refractivity contribution in [3.8, 4) is 6.07 Å². The summed E-state index contributed by atoms with van der Waals surface area (Å²) in [5.74, 6) is 0.334. The summed E-state index contributed by atoms with van der Waals surface area (Å²) >= 11 is 7.43. The minimum atomic E-state index is -0.600. The van der Waals surface area contributed by atoms with E-state index in [9.17, 15) is 10.1 Å². The lowest BCUT2D eigenvalue weighted by atomic mass is 10.1. The van der Waals surface area contributed by atoms with E-state index in [1.54, 1.807) is 19.9 Å². The fourth-order valence-corrected chi connectivity index (χ4v) is 4.15. The molecule has 5 nitrogen and oxygen atoms in total. The number of aryl methyl sites for hydroxylation is 3. The molecule has 7 heteroatoms.